The number of halogens is 1. The van der Waals surface area contributed by atoms with Crippen molar-refractivity contribution in [1.29, 1.82) is 0 Å². The van der Waals surface area contributed by atoms with Gasteiger partial charge in [0, 0.05) is 6.42 Å². The van der Waals surface area contributed by atoms with E-state index < -0.39 is 28.1 Å². The second-order valence-electron chi connectivity index (χ2n) is 6.51. The standard InChI is InChI=1S/C21H20ClNO7S/c1-3-11-23(14-4-6-15(28-2)7-5-14)31(26,27)16-8-9-18(22)17(13-16)20(24)30-19-10-12-29-21(19)25/h3-9,13,19H,1,10-12H2,2H3/t19-/m0/s1. The molecule has 1 atom stereocenters. The van der Waals surface area contributed by atoms with Crippen LogP contribution in [-0.4, -0.2) is 46.7 Å². The van der Waals surface area contributed by atoms with Crippen LogP contribution in [0.5, 0.6) is 5.75 Å². The van der Waals surface area contributed by atoms with E-state index in [0.717, 1.165) is 10.4 Å². The van der Waals surface area contributed by atoms with Crippen molar-refractivity contribution in [2.75, 3.05) is 24.6 Å². The zero-order valence-electron chi connectivity index (χ0n) is 16.6. The molecule has 2 aromatic rings. The van der Waals surface area contributed by atoms with Gasteiger partial charge in [0.25, 0.3) is 10.0 Å². The van der Waals surface area contributed by atoms with Crippen LogP contribution in [0.4, 0.5) is 5.69 Å². The number of carbonyl (C=O) groups excluding carboxylic acids is 2. The van der Waals surface area contributed by atoms with E-state index in [1.165, 1.54) is 25.3 Å². The number of esters is 2. The fourth-order valence-corrected chi connectivity index (χ4v) is 4.59. The summed E-state index contributed by atoms with van der Waals surface area (Å²) < 4.78 is 42.8. The van der Waals surface area contributed by atoms with Crippen LogP contribution in [0, 0.1) is 0 Å². The smallest absolute Gasteiger partial charge is 0.347 e. The maximum Gasteiger partial charge on any atom is 0.347 e. The van der Waals surface area contributed by atoms with Crippen molar-refractivity contribution in [1.82, 2.24) is 0 Å². The average molecular weight is 466 g/mol. The summed E-state index contributed by atoms with van der Waals surface area (Å²) in [6, 6.07) is 10.2. The number of anilines is 1. The van der Waals surface area contributed by atoms with Crippen LogP contribution in [0.25, 0.3) is 0 Å². The third kappa shape index (κ3) is 4.83. The average Bonchev–Trinajstić information content (AvgIpc) is 3.16. The largest absolute Gasteiger partial charge is 0.497 e. The molecule has 0 N–H and O–H groups in total. The molecular weight excluding hydrogens is 446 g/mol. The lowest BCUT2D eigenvalue weighted by atomic mass is 10.2. The van der Waals surface area contributed by atoms with Crippen molar-refractivity contribution in [2.24, 2.45) is 0 Å². The first-order chi connectivity index (χ1) is 14.8. The number of nitrogens with zero attached hydrogens (tertiary/aromatic N) is 1. The van der Waals surface area contributed by atoms with E-state index in [-0.39, 0.29) is 35.1 Å². The van der Waals surface area contributed by atoms with E-state index in [1.54, 1.807) is 24.3 Å². The molecule has 10 heteroatoms. The molecule has 31 heavy (non-hydrogen) atoms. The fraction of sp³-hybridized carbons (Fsp3) is 0.238. The van der Waals surface area contributed by atoms with Crippen LogP contribution in [0.1, 0.15) is 16.8 Å². The molecule has 1 aliphatic rings. The highest BCUT2D eigenvalue weighted by Crippen LogP contribution is 2.29. The molecule has 0 bridgehead atoms. The van der Waals surface area contributed by atoms with E-state index in [2.05, 4.69) is 6.58 Å². The van der Waals surface area contributed by atoms with Crippen molar-refractivity contribution < 1.29 is 32.2 Å². The molecule has 0 amide bonds. The second-order valence-corrected chi connectivity index (χ2v) is 8.78. The summed E-state index contributed by atoms with van der Waals surface area (Å²) in [6.45, 7) is 3.76. The van der Waals surface area contributed by atoms with E-state index >= 15 is 0 Å². The summed E-state index contributed by atoms with van der Waals surface area (Å²) in [7, 11) is -2.58. The molecule has 8 nitrogen and oxygen atoms in total. The van der Waals surface area contributed by atoms with Crippen LogP contribution in [0.2, 0.25) is 5.02 Å². The molecule has 0 spiro atoms. The van der Waals surface area contributed by atoms with Gasteiger partial charge in [-0.1, -0.05) is 17.7 Å². The Kier molecular flexibility index (Phi) is 6.87. The van der Waals surface area contributed by atoms with Gasteiger partial charge in [-0.05, 0) is 42.5 Å². The first kappa shape index (κ1) is 22.6. The molecule has 1 heterocycles. The van der Waals surface area contributed by atoms with Gasteiger partial charge in [0.1, 0.15) is 5.75 Å². The summed E-state index contributed by atoms with van der Waals surface area (Å²) in [5, 5.41) is -0.00460. The zero-order valence-corrected chi connectivity index (χ0v) is 18.2. The Hall–Kier alpha value is -3.04. The first-order valence-electron chi connectivity index (χ1n) is 9.22. The number of hydrogen-bond acceptors (Lipinski definition) is 7. The minimum Gasteiger partial charge on any atom is -0.497 e. The Balaban J connectivity index is 1.95. The van der Waals surface area contributed by atoms with Crippen LogP contribution in [-0.2, 0) is 24.3 Å². The Morgan fingerprint density at radius 1 is 1.29 bits per heavy atom. The molecule has 1 fully saturated rings. The number of benzene rings is 2. The van der Waals surface area contributed by atoms with Crippen molar-refractivity contribution in [3.05, 3.63) is 65.7 Å². The van der Waals surface area contributed by atoms with Gasteiger partial charge in [-0.15, -0.1) is 6.58 Å². The van der Waals surface area contributed by atoms with Gasteiger partial charge in [-0.25, -0.2) is 18.0 Å². The summed E-state index contributed by atoms with van der Waals surface area (Å²) in [5.41, 5.74) is 0.212. The maximum atomic E-state index is 13.3. The Morgan fingerprint density at radius 3 is 2.58 bits per heavy atom. The summed E-state index contributed by atoms with van der Waals surface area (Å²) in [4.78, 5) is 23.9. The molecule has 1 saturated heterocycles. The molecule has 2 aromatic carbocycles. The minimum absolute atomic E-state index is 0.00460. The number of hydrogen-bond donors (Lipinski definition) is 0. The minimum atomic E-state index is -4.08. The SMILES string of the molecule is C=CCN(c1ccc(OC)cc1)S(=O)(=O)c1ccc(Cl)c(C(=O)O[C@H]2CCOC2=O)c1. The number of cyclic esters (lactones) is 1. The van der Waals surface area contributed by atoms with Gasteiger partial charge in [0.15, 0.2) is 0 Å². The van der Waals surface area contributed by atoms with Gasteiger partial charge in [0.05, 0.1) is 41.4 Å². The van der Waals surface area contributed by atoms with Gasteiger partial charge in [-0.2, -0.15) is 0 Å². The lowest BCUT2D eigenvalue weighted by molar-refractivity contribution is -0.145. The molecule has 0 radical (unpaired) electrons. The predicted octanol–water partition coefficient (Wildman–Crippen LogP) is 3.20. The maximum absolute atomic E-state index is 13.3. The van der Waals surface area contributed by atoms with E-state index in [9.17, 15) is 18.0 Å². The third-order valence-electron chi connectivity index (χ3n) is 4.54. The zero-order chi connectivity index (χ0) is 22.6. The molecule has 1 aliphatic heterocycles. The van der Waals surface area contributed by atoms with E-state index in [4.69, 9.17) is 25.8 Å². The topological polar surface area (TPSA) is 99.2 Å². The van der Waals surface area contributed by atoms with E-state index in [0.29, 0.717) is 11.4 Å². The second kappa shape index (κ2) is 9.40. The molecule has 0 aromatic heterocycles. The highest BCUT2D eigenvalue weighted by atomic mass is 35.5. The van der Waals surface area contributed by atoms with Gasteiger partial charge < -0.3 is 14.2 Å². The van der Waals surface area contributed by atoms with Crippen LogP contribution in [0.3, 0.4) is 0 Å². The predicted molar refractivity (Wildman–Crippen MR) is 114 cm³/mol. The molecular formula is C21H20ClNO7S. The lowest BCUT2D eigenvalue weighted by Crippen LogP contribution is -2.31. The van der Waals surface area contributed by atoms with Gasteiger partial charge in [0.2, 0.25) is 6.10 Å². The number of carbonyl (C=O) groups is 2. The molecule has 0 aliphatic carbocycles. The molecule has 164 valence electrons. The summed E-state index contributed by atoms with van der Waals surface area (Å²) >= 11 is 6.10. The van der Waals surface area contributed by atoms with Crippen LogP contribution in [0.15, 0.2) is 60.0 Å². The number of ether oxygens (including phenoxy) is 3. The molecule has 0 saturated carbocycles. The normalized spacial score (nSPS) is 15.8. The Bertz CT molecular complexity index is 1100. The Morgan fingerprint density at radius 2 is 2.00 bits per heavy atom. The number of rotatable bonds is 8. The molecule has 3 rings (SSSR count). The van der Waals surface area contributed by atoms with Crippen molar-refractivity contribution in [2.45, 2.75) is 17.4 Å². The first-order valence-corrected chi connectivity index (χ1v) is 11.0. The number of methoxy groups -OCH3 is 1. The number of sulfonamides is 1. The molecule has 0 unspecified atom stereocenters. The highest BCUT2D eigenvalue weighted by Gasteiger charge is 2.32. The van der Waals surface area contributed by atoms with Crippen molar-refractivity contribution in [3.63, 3.8) is 0 Å². The highest BCUT2D eigenvalue weighted by molar-refractivity contribution is 7.92. The van der Waals surface area contributed by atoms with Gasteiger partial charge in [-0.3, -0.25) is 4.31 Å². The Labute approximate surface area is 185 Å². The van der Waals surface area contributed by atoms with E-state index in [1.807, 2.05) is 0 Å². The van der Waals surface area contributed by atoms with Crippen molar-refractivity contribution in [3.8, 4) is 5.75 Å². The lowest BCUT2D eigenvalue weighted by Gasteiger charge is -2.23. The van der Waals surface area contributed by atoms with Crippen LogP contribution < -0.4 is 9.04 Å². The monoisotopic (exact) mass is 465 g/mol. The van der Waals surface area contributed by atoms with Gasteiger partial charge >= 0.3 is 11.9 Å². The van der Waals surface area contributed by atoms with Crippen LogP contribution >= 0.6 is 11.6 Å². The van der Waals surface area contributed by atoms with Crippen molar-refractivity contribution >= 4 is 39.3 Å². The fourth-order valence-electron chi connectivity index (χ4n) is 2.93. The third-order valence-corrected chi connectivity index (χ3v) is 6.66. The summed E-state index contributed by atoms with van der Waals surface area (Å²) in [6.07, 6.45) is 0.629. The quantitative estimate of drug-likeness (QED) is 0.436. The summed E-state index contributed by atoms with van der Waals surface area (Å²) in [5.74, 6) is -0.989.